The molecule has 3 aromatic rings. The van der Waals surface area contributed by atoms with Gasteiger partial charge in [0, 0.05) is 18.0 Å². The molecular weight excluding hydrogens is 326 g/mol. The number of benzene rings is 1. The third-order valence-corrected chi connectivity index (χ3v) is 4.02. The van der Waals surface area contributed by atoms with Crippen LogP contribution in [0.15, 0.2) is 73.1 Å². The molecule has 2 atom stereocenters. The number of carbonyl (C=O) groups excluding carboxylic acids is 1. The van der Waals surface area contributed by atoms with Gasteiger partial charge in [-0.3, -0.25) is 4.98 Å². The van der Waals surface area contributed by atoms with Crippen LogP contribution in [0.2, 0.25) is 0 Å². The summed E-state index contributed by atoms with van der Waals surface area (Å²) in [5.41, 5.74) is 3.07. The summed E-state index contributed by atoms with van der Waals surface area (Å²) in [7, 11) is 0. The minimum atomic E-state index is -0.447. The number of aromatic nitrogens is 2. The number of ether oxygens (including phenoxy) is 1. The number of hydrogen-bond acceptors (Lipinski definition) is 4. The molecule has 1 N–H and O–H groups in total. The van der Waals surface area contributed by atoms with E-state index >= 15 is 0 Å². The predicted molar refractivity (Wildman–Crippen MR) is 96.0 cm³/mol. The fourth-order valence-electron chi connectivity index (χ4n) is 2.82. The zero-order valence-corrected chi connectivity index (χ0v) is 13.8. The fourth-order valence-corrected chi connectivity index (χ4v) is 2.82. The monoisotopic (exact) mass is 341 g/mol. The molecule has 5 heteroatoms. The maximum Gasteiger partial charge on any atom is 0.408 e. The minimum Gasteiger partial charge on any atom is -0.439 e. The lowest BCUT2D eigenvalue weighted by atomic mass is 10.00. The Morgan fingerprint density at radius 3 is 2.65 bits per heavy atom. The van der Waals surface area contributed by atoms with Crippen molar-refractivity contribution in [3.8, 4) is 11.8 Å². The minimum absolute atomic E-state index is 0.356. The molecule has 0 radical (unpaired) electrons. The summed E-state index contributed by atoms with van der Waals surface area (Å²) in [4.78, 5) is 20.4. The third kappa shape index (κ3) is 3.40. The predicted octanol–water partition coefficient (Wildman–Crippen LogP) is 3.40. The van der Waals surface area contributed by atoms with E-state index in [2.05, 4.69) is 27.1 Å². The van der Waals surface area contributed by atoms with Crippen molar-refractivity contribution >= 4 is 6.09 Å². The Morgan fingerprint density at radius 2 is 1.85 bits per heavy atom. The van der Waals surface area contributed by atoms with Crippen LogP contribution in [0, 0.1) is 11.8 Å². The lowest BCUT2D eigenvalue weighted by Gasteiger charge is -2.16. The van der Waals surface area contributed by atoms with Crippen LogP contribution in [0.3, 0.4) is 0 Å². The molecule has 0 unspecified atom stereocenters. The largest absolute Gasteiger partial charge is 0.439 e. The molecule has 2 aromatic heterocycles. The molecule has 0 spiro atoms. The van der Waals surface area contributed by atoms with Crippen molar-refractivity contribution in [2.24, 2.45) is 0 Å². The summed E-state index contributed by atoms with van der Waals surface area (Å²) in [6.45, 7) is 0. The maximum atomic E-state index is 11.8. The van der Waals surface area contributed by atoms with Gasteiger partial charge in [-0.05, 0) is 35.7 Å². The van der Waals surface area contributed by atoms with Gasteiger partial charge in [-0.25, -0.2) is 9.78 Å². The molecule has 0 bridgehead atoms. The zero-order valence-electron chi connectivity index (χ0n) is 13.8. The number of rotatable bonds is 2. The van der Waals surface area contributed by atoms with Crippen LogP contribution in [0.5, 0.6) is 0 Å². The zero-order chi connectivity index (χ0) is 17.8. The summed E-state index contributed by atoms with van der Waals surface area (Å²) >= 11 is 0. The molecule has 1 saturated heterocycles. The lowest BCUT2D eigenvalue weighted by Crippen LogP contribution is -2.20. The molecule has 1 aliphatic heterocycles. The van der Waals surface area contributed by atoms with Crippen LogP contribution in [0.1, 0.15) is 34.7 Å². The molecule has 0 aliphatic carbocycles. The Bertz CT molecular complexity index is 978. The highest BCUT2D eigenvalue weighted by Gasteiger charge is 2.37. The quantitative estimate of drug-likeness (QED) is 0.726. The van der Waals surface area contributed by atoms with Crippen molar-refractivity contribution in [3.05, 3.63) is 95.6 Å². The Labute approximate surface area is 151 Å². The molecule has 5 nitrogen and oxygen atoms in total. The SMILES string of the molecule is O=C1N[C@H](c2cccc(C#Cc3cccnc3)n2)[C@@H](c2ccccc2)O1. The fraction of sp³-hybridized carbons (Fsp3) is 0.0952. The smallest absolute Gasteiger partial charge is 0.408 e. The molecule has 4 rings (SSSR count). The van der Waals surface area contributed by atoms with Gasteiger partial charge in [-0.1, -0.05) is 42.3 Å². The van der Waals surface area contributed by atoms with Crippen LogP contribution >= 0.6 is 0 Å². The average Bonchev–Trinajstić information content (AvgIpc) is 3.10. The summed E-state index contributed by atoms with van der Waals surface area (Å²) in [5.74, 6) is 6.07. The van der Waals surface area contributed by atoms with Crippen molar-refractivity contribution in [1.82, 2.24) is 15.3 Å². The van der Waals surface area contributed by atoms with E-state index in [4.69, 9.17) is 4.74 Å². The van der Waals surface area contributed by atoms with Crippen LogP contribution in [0.25, 0.3) is 0 Å². The number of nitrogens with one attached hydrogen (secondary N) is 1. The second-order valence-electron chi connectivity index (χ2n) is 5.80. The van der Waals surface area contributed by atoms with Crippen molar-refractivity contribution in [1.29, 1.82) is 0 Å². The number of nitrogens with zero attached hydrogens (tertiary/aromatic N) is 2. The summed E-state index contributed by atoms with van der Waals surface area (Å²) in [6, 6.07) is 18.6. The van der Waals surface area contributed by atoms with Crippen LogP contribution < -0.4 is 5.32 Å². The van der Waals surface area contributed by atoms with Gasteiger partial charge in [-0.15, -0.1) is 0 Å². The normalized spacial score (nSPS) is 18.4. The van der Waals surface area contributed by atoms with E-state index in [0.717, 1.165) is 11.1 Å². The third-order valence-electron chi connectivity index (χ3n) is 4.02. The first-order valence-electron chi connectivity index (χ1n) is 8.21. The van der Waals surface area contributed by atoms with Crippen molar-refractivity contribution in [2.45, 2.75) is 12.1 Å². The van der Waals surface area contributed by atoms with E-state index in [1.54, 1.807) is 12.4 Å². The van der Waals surface area contributed by atoms with E-state index in [9.17, 15) is 4.79 Å². The summed E-state index contributed by atoms with van der Waals surface area (Å²) < 4.78 is 5.45. The number of cyclic esters (lactones) is 1. The first-order chi connectivity index (χ1) is 12.8. The molecule has 0 saturated carbocycles. The van der Waals surface area contributed by atoms with Gasteiger partial charge >= 0.3 is 6.09 Å². The number of carbonyl (C=O) groups is 1. The van der Waals surface area contributed by atoms with E-state index in [0.29, 0.717) is 11.4 Å². The van der Waals surface area contributed by atoms with Crippen LogP contribution in [0.4, 0.5) is 4.79 Å². The van der Waals surface area contributed by atoms with Gasteiger partial charge in [-0.2, -0.15) is 0 Å². The number of amides is 1. The summed E-state index contributed by atoms with van der Waals surface area (Å²) in [5, 5.41) is 2.84. The van der Waals surface area contributed by atoms with E-state index in [1.807, 2.05) is 60.7 Å². The molecule has 1 aliphatic rings. The number of hydrogen-bond donors (Lipinski definition) is 1. The van der Waals surface area contributed by atoms with Crippen molar-refractivity contribution < 1.29 is 9.53 Å². The lowest BCUT2D eigenvalue weighted by molar-refractivity contribution is 0.132. The Balaban J connectivity index is 1.63. The molecule has 1 aromatic carbocycles. The van der Waals surface area contributed by atoms with Gasteiger partial charge in [0.25, 0.3) is 0 Å². The van der Waals surface area contributed by atoms with Crippen LogP contribution in [-0.4, -0.2) is 16.1 Å². The first-order valence-corrected chi connectivity index (χ1v) is 8.21. The van der Waals surface area contributed by atoms with Gasteiger partial charge < -0.3 is 10.1 Å². The average molecular weight is 341 g/mol. The molecule has 1 fully saturated rings. The van der Waals surface area contributed by atoms with Gasteiger partial charge in [0.15, 0.2) is 6.10 Å². The van der Waals surface area contributed by atoms with Gasteiger partial charge in [0.05, 0.1) is 5.69 Å². The summed E-state index contributed by atoms with van der Waals surface area (Å²) in [6.07, 6.45) is 2.54. The highest BCUT2D eigenvalue weighted by molar-refractivity contribution is 5.71. The van der Waals surface area contributed by atoms with Gasteiger partial charge in [0.1, 0.15) is 11.7 Å². The second kappa shape index (κ2) is 7.08. The maximum absolute atomic E-state index is 11.8. The van der Waals surface area contributed by atoms with Crippen LogP contribution in [-0.2, 0) is 4.74 Å². The van der Waals surface area contributed by atoms with Crippen molar-refractivity contribution in [2.75, 3.05) is 0 Å². The molecule has 26 heavy (non-hydrogen) atoms. The molecule has 3 heterocycles. The molecular formula is C21H15N3O2. The standard InChI is InChI=1S/C21H15N3O2/c25-21-24-19(20(26-21)16-7-2-1-3-8-16)18-10-4-9-17(23-18)12-11-15-6-5-13-22-14-15/h1-10,13-14,19-20H,(H,24,25)/t19-,20-/m1/s1. The Morgan fingerprint density at radius 1 is 0.962 bits per heavy atom. The number of alkyl carbamates (subject to hydrolysis) is 1. The highest BCUT2D eigenvalue weighted by atomic mass is 16.6. The first kappa shape index (κ1) is 15.9. The second-order valence-corrected chi connectivity index (χ2v) is 5.80. The molecule has 1 amide bonds. The topological polar surface area (TPSA) is 64.1 Å². The van der Waals surface area contributed by atoms with E-state index in [-0.39, 0.29) is 6.04 Å². The van der Waals surface area contributed by atoms with Gasteiger partial charge in [0.2, 0.25) is 0 Å². The number of pyridine rings is 2. The molecule has 126 valence electrons. The van der Waals surface area contributed by atoms with E-state index < -0.39 is 12.2 Å². The van der Waals surface area contributed by atoms with Crippen molar-refractivity contribution in [3.63, 3.8) is 0 Å². The Kier molecular flexibility index (Phi) is 4.31. The highest BCUT2D eigenvalue weighted by Crippen LogP contribution is 2.35. The Hall–Kier alpha value is -3.65. The van der Waals surface area contributed by atoms with E-state index in [1.165, 1.54) is 0 Å².